The van der Waals surface area contributed by atoms with E-state index in [9.17, 15) is 4.79 Å². The lowest BCUT2D eigenvalue weighted by Gasteiger charge is -2.14. The van der Waals surface area contributed by atoms with Crippen LogP contribution in [0.2, 0.25) is 0 Å². The molecule has 0 unspecified atom stereocenters. The molecule has 0 atom stereocenters. The van der Waals surface area contributed by atoms with E-state index in [1.54, 1.807) is 12.4 Å². The molecule has 0 aliphatic carbocycles. The number of aromatic nitrogens is 2. The molecule has 2 aromatic heterocycles. The first-order chi connectivity index (χ1) is 8.52. The van der Waals surface area contributed by atoms with Gasteiger partial charge in [0.15, 0.2) is 0 Å². The maximum atomic E-state index is 11.7. The molecule has 0 radical (unpaired) electrons. The zero-order chi connectivity index (χ0) is 13.3. The van der Waals surface area contributed by atoms with Gasteiger partial charge in [-0.15, -0.1) is 0 Å². The quantitative estimate of drug-likeness (QED) is 0.876. The number of carbonyl (C=O) groups is 1. The Balaban J connectivity index is 2.82. The van der Waals surface area contributed by atoms with Gasteiger partial charge in [-0.2, -0.15) is 0 Å². The number of aryl methyl sites for hydroxylation is 2. The second-order valence-electron chi connectivity index (χ2n) is 4.26. The third-order valence-corrected chi connectivity index (χ3v) is 3.06. The van der Waals surface area contributed by atoms with Crippen molar-refractivity contribution in [1.29, 1.82) is 0 Å². The van der Waals surface area contributed by atoms with Crippen molar-refractivity contribution in [2.45, 2.75) is 20.8 Å². The summed E-state index contributed by atoms with van der Waals surface area (Å²) in [6, 6.07) is 3.73. The largest absolute Gasteiger partial charge is 0.366 e. The van der Waals surface area contributed by atoms with Crippen molar-refractivity contribution in [3.8, 4) is 11.1 Å². The minimum absolute atomic E-state index is 0.431. The third-order valence-electron chi connectivity index (χ3n) is 3.06. The Hall–Kier alpha value is -2.23. The first kappa shape index (κ1) is 12.2. The molecule has 0 saturated heterocycles. The zero-order valence-electron chi connectivity index (χ0n) is 10.7. The second kappa shape index (κ2) is 4.56. The van der Waals surface area contributed by atoms with Gasteiger partial charge in [0.2, 0.25) is 5.91 Å². The molecular weight excluding hydrogens is 226 g/mol. The van der Waals surface area contributed by atoms with Gasteiger partial charge in [0.1, 0.15) is 0 Å². The van der Waals surface area contributed by atoms with Gasteiger partial charge in [-0.25, -0.2) is 0 Å². The van der Waals surface area contributed by atoms with Gasteiger partial charge in [-0.1, -0.05) is 6.07 Å². The first-order valence-corrected chi connectivity index (χ1v) is 5.70. The molecule has 4 nitrogen and oxygen atoms in total. The average molecular weight is 241 g/mol. The summed E-state index contributed by atoms with van der Waals surface area (Å²) in [4.78, 5) is 20.2. The van der Waals surface area contributed by atoms with Crippen LogP contribution in [0.1, 0.15) is 27.3 Å². The summed E-state index contributed by atoms with van der Waals surface area (Å²) >= 11 is 0. The van der Waals surface area contributed by atoms with Crippen molar-refractivity contribution < 1.29 is 4.79 Å². The van der Waals surface area contributed by atoms with E-state index in [-0.39, 0.29) is 0 Å². The van der Waals surface area contributed by atoms with Gasteiger partial charge in [0.25, 0.3) is 0 Å². The van der Waals surface area contributed by atoms with E-state index in [2.05, 4.69) is 9.97 Å². The minimum atomic E-state index is -0.431. The van der Waals surface area contributed by atoms with Crippen LogP contribution in [0.3, 0.4) is 0 Å². The molecular formula is C14H15N3O. The number of amides is 1. The molecule has 2 aromatic rings. The zero-order valence-corrected chi connectivity index (χ0v) is 10.7. The highest BCUT2D eigenvalue weighted by molar-refractivity contribution is 6.01. The number of pyridine rings is 2. The SMILES string of the molecule is Cc1nc(C)c(-c2cccnc2)c(C(N)=O)c1C. The summed E-state index contributed by atoms with van der Waals surface area (Å²) in [5.41, 5.74) is 10.1. The number of hydrogen-bond donors (Lipinski definition) is 1. The van der Waals surface area contributed by atoms with E-state index in [1.165, 1.54) is 0 Å². The smallest absolute Gasteiger partial charge is 0.249 e. The second-order valence-corrected chi connectivity index (χ2v) is 4.26. The van der Waals surface area contributed by atoms with Crippen LogP contribution in [0, 0.1) is 20.8 Å². The molecule has 0 aliphatic heterocycles. The summed E-state index contributed by atoms with van der Waals surface area (Å²) in [6.45, 7) is 5.62. The van der Waals surface area contributed by atoms with Crippen molar-refractivity contribution >= 4 is 5.91 Å². The lowest BCUT2D eigenvalue weighted by Crippen LogP contribution is -2.17. The predicted molar refractivity (Wildman–Crippen MR) is 70.2 cm³/mol. The van der Waals surface area contributed by atoms with Crippen molar-refractivity contribution in [2.24, 2.45) is 5.73 Å². The third kappa shape index (κ3) is 1.97. The van der Waals surface area contributed by atoms with Gasteiger partial charge in [0.05, 0.1) is 5.56 Å². The van der Waals surface area contributed by atoms with Crippen LogP contribution in [0.15, 0.2) is 24.5 Å². The number of nitrogens with zero attached hydrogens (tertiary/aromatic N) is 2. The molecule has 0 fully saturated rings. The van der Waals surface area contributed by atoms with E-state index in [0.717, 1.165) is 28.1 Å². The summed E-state index contributed by atoms with van der Waals surface area (Å²) < 4.78 is 0. The topological polar surface area (TPSA) is 68.9 Å². The van der Waals surface area contributed by atoms with E-state index in [0.29, 0.717) is 5.56 Å². The minimum Gasteiger partial charge on any atom is -0.366 e. The molecule has 1 amide bonds. The molecule has 0 aliphatic rings. The van der Waals surface area contributed by atoms with Gasteiger partial charge in [-0.05, 0) is 32.4 Å². The average Bonchev–Trinajstić information content (AvgIpc) is 2.34. The number of rotatable bonds is 2. The molecule has 0 spiro atoms. The number of primary amides is 1. The van der Waals surface area contributed by atoms with E-state index < -0.39 is 5.91 Å². The molecule has 0 saturated carbocycles. The Kier molecular flexibility index (Phi) is 3.10. The van der Waals surface area contributed by atoms with Crippen molar-refractivity contribution in [2.75, 3.05) is 0 Å². The van der Waals surface area contributed by atoms with Gasteiger partial charge in [0, 0.05) is 34.9 Å². The normalized spacial score (nSPS) is 10.4. The van der Waals surface area contributed by atoms with Gasteiger partial charge in [-0.3, -0.25) is 14.8 Å². The Labute approximate surface area is 106 Å². The van der Waals surface area contributed by atoms with Crippen LogP contribution in [-0.2, 0) is 0 Å². The highest BCUT2D eigenvalue weighted by Gasteiger charge is 2.18. The van der Waals surface area contributed by atoms with Crippen LogP contribution >= 0.6 is 0 Å². The molecule has 2 heterocycles. The number of nitrogens with two attached hydrogens (primary N) is 1. The van der Waals surface area contributed by atoms with Crippen LogP contribution in [0.4, 0.5) is 0 Å². The Bertz CT molecular complexity index is 606. The molecule has 4 heteroatoms. The Morgan fingerprint density at radius 2 is 1.94 bits per heavy atom. The van der Waals surface area contributed by atoms with Crippen LogP contribution in [-0.4, -0.2) is 15.9 Å². The Morgan fingerprint density at radius 3 is 2.50 bits per heavy atom. The summed E-state index contributed by atoms with van der Waals surface area (Å²) in [7, 11) is 0. The highest BCUT2D eigenvalue weighted by Crippen LogP contribution is 2.29. The van der Waals surface area contributed by atoms with Crippen molar-refractivity contribution in [1.82, 2.24) is 9.97 Å². The lowest BCUT2D eigenvalue weighted by molar-refractivity contribution is 0.1000. The predicted octanol–water partition coefficient (Wildman–Crippen LogP) is 2.17. The van der Waals surface area contributed by atoms with Gasteiger partial charge >= 0.3 is 0 Å². The maximum Gasteiger partial charge on any atom is 0.249 e. The van der Waals surface area contributed by atoms with E-state index >= 15 is 0 Å². The molecule has 92 valence electrons. The highest BCUT2D eigenvalue weighted by atomic mass is 16.1. The van der Waals surface area contributed by atoms with Crippen molar-refractivity contribution in [3.05, 3.63) is 47.0 Å². The van der Waals surface area contributed by atoms with Crippen LogP contribution in [0.25, 0.3) is 11.1 Å². The first-order valence-electron chi connectivity index (χ1n) is 5.70. The fourth-order valence-electron chi connectivity index (χ4n) is 2.11. The van der Waals surface area contributed by atoms with Crippen LogP contribution in [0.5, 0.6) is 0 Å². The summed E-state index contributed by atoms with van der Waals surface area (Å²) in [5.74, 6) is -0.431. The maximum absolute atomic E-state index is 11.7. The van der Waals surface area contributed by atoms with Crippen molar-refractivity contribution in [3.63, 3.8) is 0 Å². The van der Waals surface area contributed by atoms with Gasteiger partial charge < -0.3 is 5.73 Å². The standard InChI is InChI=1S/C14H15N3O/c1-8-9(2)17-10(3)13(12(8)14(15)18)11-5-4-6-16-7-11/h4-7H,1-3H3,(H2,15,18). The fraction of sp³-hybridized carbons (Fsp3) is 0.214. The number of carbonyl (C=O) groups excluding carboxylic acids is 1. The summed E-state index contributed by atoms with van der Waals surface area (Å²) in [5, 5.41) is 0. The molecule has 2 N–H and O–H groups in total. The van der Waals surface area contributed by atoms with Crippen LogP contribution < -0.4 is 5.73 Å². The Morgan fingerprint density at radius 1 is 1.22 bits per heavy atom. The molecule has 0 aromatic carbocycles. The monoisotopic (exact) mass is 241 g/mol. The number of hydrogen-bond acceptors (Lipinski definition) is 3. The molecule has 2 rings (SSSR count). The molecule has 18 heavy (non-hydrogen) atoms. The fourth-order valence-corrected chi connectivity index (χ4v) is 2.11. The molecule has 0 bridgehead atoms. The lowest BCUT2D eigenvalue weighted by atomic mass is 9.94. The van der Waals surface area contributed by atoms with E-state index in [1.807, 2.05) is 32.9 Å². The van der Waals surface area contributed by atoms with E-state index in [4.69, 9.17) is 5.73 Å². The summed E-state index contributed by atoms with van der Waals surface area (Å²) in [6.07, 6.45) is 3.41.